The number of benzene rings is 3. The van der Waals surface area contributed by atoms with Crippen molar-refractivity contribution in [3.63, 3.8) is 0 Å². The molecule has 6 nitrogen and oxygen atoms in total. The highest BCUT2D eigenvalue weighted by Crippen LogP contribution is 2.46. The number of nitrogens with zero attached hydrogens (tertiary/aromatic N) is 1. The second-order valence-corrected chi connectivity index (χ2v) is 9.33. The Morgan fingerprint density at radius 1 is 0.972 bits per heavy atom. The Kier molecular flexibility index (Phi) is 6.87. The summed E-state index contributed by atoms with van der Waals surface area (Å²) in [5.41, 5.74) is 2.33. The Labute approximate surface area is 210 Å². The van der Waals surface area contributed by atoms with Gasteiger partial charge in [-0.15, -0.1) is 0 Å². The van der Waals surface area contributed by atoms with Crippen molar-refractivity contribution in [3.05, 3.63) is 96.4 Å². The molecule has 3 aromatic carbocycles. The van der Waals surface area contributed by atoms with Crippen LogP contribution in [0.1, 0.15) is 37.1 Å². The number of carboxylic acid groups (broad SMARTS) is 1. The Morgan fingerprint density at radius 3 is 2.42 bits per heavy atom. The van der Waals surface area contributed by atoms with Crippen molar-refractivity contribution in [3.8, 4) is 28.3 Å². The molecular weight excluding hydrogens is 454 g/mol. The lowest BCUT2D eigenvalue weighted by Gasteiger charge is -2.37. The van der Waals surface area contributed by atoms with Gasteiger partial charge in [-0.05, 0) is 37.0 Å². The average molecular weight is 484 g/mol. The lowest BCUT2D eigenvalue weighted by molar-refractivity contribution is -0.139. The third kappa shape index (κ3) is 5.04. The smallest absolute Gasteiger partial charge is 0.341 e. The number of aliphatic carboxylic acids is 1. The number of ether oxygens (including phenoxy) is 1. The molecule has 5 rings (SSSR count). The van der Waals surface area contributed by atoms with Crippen molar-refractivity contribution in [2.75, 3.05) is 6.61 Å². The number of hydrogen-bond acceptors (Lipinski definition) is 5. The minimum absolute atomic E-state index is 0.105. The Hall–Kier alpha value is -3.90. The zero-order chi connectivity index (χ0) is 25.0. The first kappa shape index (κ1) is 23.8. The summed E-state index contributed by atoms with van der Waals surface area (Å²) in [6.07, 6.45) is 3.90. The van der Waals surface area contributed by atoms with Gasteiger partial charge in [-0.1, -0.05) is 85.6 Å². The molecule has 0 aliphatic heterocycles. The first-order valence-electron chi connectivity index (χ1n) is 12.3. The van der Waals surface area contributed by atoms with Gasteiger partial charge in [0, 0.05) is 17.0 Å². The number of carbonyl (C=O) groups is 1. The van der Waals surface area contributed by atoms with E-state index in [1.807, 2.05) is 78.9 Å². The van der Waals surface area contributed by atoms with Crippen LogP contribution in [-0.2, 0) is 16.8 Å². The van der Waals surface area contributed by atoms with Crippen LogP contribution in [0.3, 0.4) is 0 Å². The second kappa shape index (κ2) is 10.4. The van der Waals surface area contributed by atoms with E-state index in [1.54, 1.807) is 6.07 Å². The van der Waals surface area contributed by atoms with E-state index in [0.29, 0.717) is 30.2 Å². The van der Waals surface area contributed by atoms with Crippen LogP contribution in [0, 0.1) is 5.92 Å². The van der Waals surface area contributed by atoms with Crippen LogP contribution in [-0.4, -0.2) is 27.8 Å². The maximum Gasteiger partial charge on any atom is 0.341 e. The summed E-state index contributed by atoms with van der Waals surface area (Å²) in [5.74, 6) is 0.381. The van der Waals surface area contributed by atoms with Gasteiger partial charge in [-0.2, -0.15) is 0 Å². The molecule has 0 saturated heterocycles. The molecule has 0 amide bonds. The van der Waals surface area contributed by atoms with Gasteiger partial charge in [0.25, 0.3) is 0 Å². The zero-order valence-electron chi connectivity index (χ0n) is 20.0. The highest BCUT2D eigenvalue weighted by Gasteiger charge is 2.45. The van der Waals surface area contributed by atoms with E-state index in [-0.39, 0.29) is 5.92 Å². The van der Waals surface area contributed by atoms with Gasteiger partial charge in [-0.25, -0.2) is 9.78 Å². The van der Waals surface area contributed by atoms with E-state index in [9.17, 15) is 9.90 Å². The predicted octanol–water partition coefficient (Wildman–Crippen LogP) is 6.09. The Bertz CT molecular complexity index is 1260. The number of oxazole rings is 1. The summed E-state index contributed by atoms with van der Waals surface area (Å²) in [6.45, 7) is -0.391. The average Bonchev–Trinajstić information content (AvgIpc) is 3.37. The largest absolute Gasteiger partial charge is 0.482 e. The third-order valence-electron chi connectivity index (χ3n) is 6.86. The fourth-order valence-electron chi connectivity index (χ4n) is 5.05. The van der Waals surface area contributed by atoms with E-state index < -0.39 is 18.2 Å². The lowest BCUT2D eigenvalue weighted by Crippen LogP contribution is -2.39. The monoisotopic (exact) mass is 483 g/mol. The van der Waals surface area contributed by atoms with Crippen molar-refractivity contribution in [2.24, 2.45) is 5.92 Å². The molecule has 36 heavy (non-hydrogen) atoms. The van der Waals surface area contributed by atoms with Gasteiger partial charge in [0.15, 0.2) is 12.4 Å². The van der Waals surface area contributed by atoms with Gasteiger partial charge < -0.3 is 19.4 Å². The minimum atomic E-state index is -1.22. The summed E-state index contributed by atoms with van der Waals surface area (Å²) in [6, 6.07) is 27.2. The van der Waals surface area contributed by atoms with Gasteiger partial charge in [-0.3, -0.25) is 0 Å². The topological polar surface area (TPSA) is 92.8 Å². The number of carboxylic acids is 1. The van der Waals surface area contributed by atoms with Crippen LogP contribution in [0.25, 0.3) is 22.6 Å². The van der Waals surface area contributed by atoms with Crippen LogP contribution >= 0.6 is 0 Å². The molecule has 1 aromatic heterocycles. The van der Waals surface area contributed by atoms with Crippen LogP contribution < -0.4 is 4.74 Å². The second-order valence-electron chi connectivity index (χ2n) is 9.33. The number of aliphatic hydroxyl groups is 1. The molecule has 1 aliphatic carbocycles. The molecule has 2 atom stereocenters. The van der Waals surface area contributed by atoms with Crippen molar-refractivity contribution < 1.29 is 24.2 Å². The van der Waals surface area contributed by atoms with E-state index >= 15 is 0 Å². The highest BCUT2D eigenvalue weighted by molar-refractivity contribution is 5.76. The van der Waals surface area contributed by atoms with E-state index in [4.69, 9.17) is 19.2 Å². The SMILES string of the molecule is O=C(O)COc1cccc(C[C@H]2CCCC[C@@]2(O)c2nc(-c3ccccc3)c(-c3ccccc3)o2)c1. The lowest BCUT2D eigenvalue weighted by atomic mass is 9.72. The highest BCUT2D eigenvalue weighted by atomic mass is 16.5. The normalized spacial score (nSPS) is 19.6. The fraction of sp³-hybridized carbons (Fsp3) is 0.267. The quantitative estimate of drug-likeness (QED) is 0.315. The molecular formula is C30H29NO5. The van der Waals surface area contributed by atoms with Gasteiger partial charge in [0.1, 0.15) is 17.0 Å². The van der Waals surface area contributed by atoms with Gasteiger partial charge >= 0.3 is 5.97 Å². The number of aromatic nitrogens is 1. The van der Waals surface area contributed by atoms with E-state index in [2.05, 4.69) is 0 Å². The molecule has 0 unspecified atom stereocenters. The van der Waals surface area contributed by atoms with Crippen molar-refractivity contribution in [2.45, 2.75) is 37.7 Å². The Balaban J connectivity index is 1.50. The standard InChI is InChI=1S/C30H29NO5/c32-26(33)20-35-25-16-9-10-21(19-25)18-24-15-7-8-17-30(24,34)29-31-27(22-11-3-1-4-12-22)28(36-29)23-13-5-2-6-14-23/h1-6,9-14,16,19,24,34H,7-8,15,17-18,20H2,(H,32,33)/t24-,30+/m1/s1. The molecule has 184 valence electrons. The zero-order valence-corrected chi connectivity index (χ0v) is 20.0. The fourth-order valence-corrected chi connectivity index (χ4v) is 5.05. The minimum Gasteiger partial charge on any atom is -0.482 e. The van der Waals surface area contributed by atoms with Crippen LogP contribution in [0.5, 0.6) is 5.75 Å². The molecule has 1 fully saturated rings. The summed E-state index contributed by atoms with van der Waals surface area (Å²) < 4.78 is 11.8. The Morgan fingerprint density at radius 2 is 1.69 bits per heavy atom. The molecule has 0 bridgehead atoms. The van der Waals surface area contributed by atoms with Gasteiger partial charge in [0.2, 0.25) is 5.89 Å². The molecule has 2 N–H and O–H groups in total. The third-order valence-corrected chi connectivity index (χ3v) is 6.86. The summed E-state index contributed by atoms with van der Waals surface area (Å²) in [4.78, 5) is 15.8. The molecule has 4 aromatic rings. The first-order chi connectivity index (χ1) is 17.5. The number of rotatable bonds is 8. The van der Waals surface area contributed by atoms with Crippen LogP contribution in [0.2, 0.25) is 0 Å². The maximum atomic E-state index is 12.1. The van der Waals surface area contributed by atoms with Crippen molar-refractivity contribution >= 4 is 5.97 Å². The van der Waals surface area contributed by atoms with Crippen molar-refractivity contribution in [1.82, 2.24) is 4.98 Å². The van der Waals surface area contributed by atoms with Crippen LogP contribution in [0.4, 0.5) is 0 Å². The van der Waals surface area contributed by atoms with Crippen LogP contribution in [0.15, 0.2) is 89.3 Å². The van der Waals surface area contributed by atoms with E-state index in [0.717, 1.165) is 41.6 Å². The summed E-state index contributed by atoms with van der Waals surface area (Å²) in [7, 11) is 0. The molecule has 1 heterocycles. The van der Waals surface area contributed by atoms with Crippen molar-refractivity contribution in [1.29, 1.82) is 0 Å². The first-order valence-corrected chi connectivity index (χ1v) is 12.3. The maximum absolute atomic E-state index is 12.1. The molecule has 1 aliphatic rings. The molecule has 0 radical (unpaired) electrons. The molecule has 1 saturated carbocycles. The predicted molar refractivity (Wildman–Crippen MR) is 137 cm³/mol. The van der Waals surface area contributed by atoms with Gasteiger partial charge in [0.05, 0.1) is 0 Å². The number of hydrogen-bond donors (Lipinski definition) is 2. The summed E-state index contributed by atoms with van der Waals surface area (Å²) >= 11 is 0. The summed E-state index contributed by atoms with van der Waals surface area (Å²) in [5, 5.41) is 21.0. The molecule has 6 heteroatoms. The van der Waals surface area contributed by atoms with E-state index in [1.165, 1.54) is 0 Å². The molecule has 0 spiro atoms.